The quantitative estimate of drug-likeness (QED) is 0.865. The molecule has 0 amide bonds. The summed E-state index contributed by atoms with van der Waals surface area (Å²) < 4.78 is 14.3. The van der Waals surface area contributed by atoms with Gasteiger partial charge in [-0.2, -0.15) is 0 Å². The van der Waals surface area contributed by atoms with Gasteiger partial charge in [-0.15, -0.1) is 0 Å². The van der Waals surface area contributed by atoms with Crippen molar-refractivity contribution in [2.75, 3.05) is 13.2 Å². The highest BCUT2D eigenvalue weighted by Gasteiger charge is 2.24. The summed E-state index contributed by atoms with van der Waals surface area (Å²) in [5.74, 6) is 0.569. The van der Waals surface area contributed by atoms with E-state index in [0.29, 0.717) is 11.5 Å². The Labute approximate surface area is 120 Å². The van der Waals surface area contributed by atoms with E-state index in [1.165, 1.54) is 25.3 Å². The van der Waals surface area contributed by atoms with Crippen molar-refractivity contribution in [1.82, 2.24) is 0 Å². The minimum absolute atomic E-state index is 0.156. The second-order valence-electron chi connectivity index (χ2n) is 5.97. The van der Waals surface area contributed by atoms with Gasteiger partial charge >= 0.3 is 0 Å². The smallest absolute Gasteiger partial charge is 0.126 e. The van der Waals surface area contributed by atoms with Crippen molar-refractivity contribution in [2.24, 2.45) is 5.92 Å². The second kappa shape index (κ2) is 7.19. The SMILES string of the molecule is CCC1CCC(c2ccc(C(CO)CO)cc2F)CC1. The lowest BCUT2D eigenvalue weighted by Gasteiger charge is -2.28. The predicted molar refractivity (Wildman–Crippen MR) is 78.3 cm³/mol. The molecule has 1 aromatic rings. The Bertz CT molecular complexity index is 421. The molecule has 0 radical (unpaired) electrons. The molecule has 0 aliphatic heterocycles. The number of rotatable bonds is 5. The van der Waals surface area contributed by atoms with Gasteiger partial charge in [-0.05, 0) is 54.7 Å². The third-order valence-corrected chi connectivity index (χ3v) is 4.80. The Kier molecular flexibility index (Phi) is 5.55. The van der Waals surface area contributed by atoms with Crippen molar-refractivity contribution in [3.8, 4) is 0 Å². The van der Waals surface area contributed by atoms with Crippen molar-refractivity contribution in [1.29, 1.82) is 0 Å². The van der Waals surface area contributed by atoms with Crippen molar-refractivity contribution in [3.63, 3.8) is 0 Å². The van der Waals surface area contributed by atoms with Crippen LogP contribution < -0.4 is 0 Å². The van der Waals surface area contributed by atoms with Gasteiger partial charge in [0.05, 0.1) is 13.2 Å². The molecule has 1 fully saturated rings. The van der Waals surface area contributed by atoms with Crippen molar-refractivity contribution in [2.45, 2.75) is 50.9 Å². The van der Waals surface area contributed by atoms with Crippen LogP contribution in [0.4, 0.5) is 4.39 Å². The topological polar surface area (TPSA) is 40.5 Å². The lowest BCUT2D eigenvalue weighted by Crippen LogP contribution is -2.14. The predicted octanol–water partition coefficient (Wildman–Crippen LogP) is 3.58. The Morgan fingerprint density at radius 2 is 1.80 bits per heavy atom. The number of hydrogen-bond acceptors (Lipinski definition) is 2. The van der Waals surface area contributed by atoms with Gasteiger partial charge in [0.15, 0.2) is 0 Å². The maximum atomic E-state index is 14.3. The Balaban J connectivity index is 2.10. The first-order valence-corrected chi connectivity index (χ1v) is 7.70. The summed E-state index contributed by atoms with van der Waals surface area (Å²) in [6.07, 6.45) is 5.75. The van der Waals surface area contributed by atoms with Crippen LogP contribution in [-0.4, -0.2) is 23.4 Å². The standard InChI is InChI=1S/C17H25FO2/c1-2-12-3-5-13(6-4-12)16-8-7-14(9-17(16)18)15(10-19)11-20/h7-9,12-13,15,19-20H,2-6,10-11H2,1H3. The van der Waals surface area contributed by atoms with E-state index in [-0.39, 0.29) is 24.9 Å². The molecule has 1 aromatic carbocycles. The molecular weight excluding hydrogens is 255 g/mol. The van der Waals surface area contributed by atoms with Crippen molar-refractivity contribution >= 4 is 0 Å². The first-order valence-electron chi connectivity index (χ1n) is 7.70. The molecule has 0 bridgehead atoms. The third kappa shape index (κ3) is 3.39. The zero-order valence-corrected chi connectivity index (χ0v) is 12.2. The molecule has 0 atom stereocenters. The normalized spacial score (nSPS) is 23.2. The fourth-order valence-electron chi connectivity index (χ4n) is 3.28. The van der Waals surface area contributed by atoms with Gasteiger partial charge in [0.25, 0.3) is 0 Å². The first-order chi connectivity index (χ1) is 9.69. The van der Waals surface area contributed by atoms with Crippen LogP contribution in [0, 0.1) is 11.7 Å². The average Bonchev–Trinajstić information content (AvgIpc) is 2.49. The van der Waals surface area contributed by atoms with Crippen molar-refractivity contribution < 1.29 is 14.6 Å². The van der Waals surface area contributed by atoms with Gasteiger partial charge in [-0.3, -0.25) is 0 Å². The van der Waals surface area contributed by atoms with Crippen LogP contribution in [0.1, 0.15) is 62.0 Å². The molecule has 1 saturated carbocycles. The minimum atomic E-state index is -0.380. The molecule has 1 aliphatic rings. The Hall–Kier alpha value is -0.930. The zero-order chi connectivity index (χ0) is 14.5. The van der Waals surface area contributed by atoms with Crippen LogP contribution in [-0.2, 0) is 0 Å². The highest BCUT2D eigenvalue weighted by Crippen LogP contribution is 2.38. The van der Waals surface area contributed by atoms with Gasteiger partial charge in [0.2, 0.25) is 0 Å². The third-order valence-electron chi connectivity index (χ3n) is 4.80. The Morgan fingerprint density at radius 1 is 1.15 bits per heavy atom. The number of aliphatic hydroxyl groups is 2. The van der Waals surface area contributed by atoms with Crippen LogP contribution in [0.5, 0.6) is 0 Å². The summed E-state index contributed by atoms with van der Waals surface area (Å²) in [4.78, 5) is 0. The lowest BCUT2D eigenvalue weighted by atomic mass is 9.77. The lowest BCUT2D eigenvalue weighted by molar-refractivity contribution is 0.192. The van der Waals surface area contributed by atoms with E-state index in [9.17, 15) is 4.39 Å². The second-order valence-corrected chi connectivity index (χ2v) is 5.97. The minimum Gasteiger partial charge on any atom is -0.396 e. The van der Waals surface area contributed by atoms with E-state index in [1.54, 1.807) is 0 Å². The molecule has 0 heterocycles. The molecule has 3 heteroatoms. The Morgan fingerprint density at radius 3 is 2.30 bits per heavy atom. The van der Waals surface area contributed by atoms with Crippen LogP contribution in [0.15, 0.2) is 18.2 Å². The average molecular weight is 280 g/mol. The van der Waals surface area contributed by atoms with Crippen LogP contribution in [0.2, 0.25) is 0 Å². The largest absolute Gasteiger partial charge is 0.396 e. The summed E-state index contributed by atoms with van der Waals surface area (Å²) in [7, 11) is 0. The number of aliphatic hydroxyl groups excluding tert-OH is 2. The summed E-state index contributed by atoms with van der Waals surface area (Å²) in [6.45, 7) is 1.91. The van der Waals surface area contributed by atoms with Gasteiger partial charge in [-0.25, -0.2) is 4.39 Å². The summed E-state index contributed by atoms with van der Waals surface area (Å²) in [5.41, 5.74) is 1.48. The van der Waals surface area contributed by atoms with Gasteiger partial charge in [0, 0.05) is 5.92 Å². The number of halogens is 1. The van der Waals surface area contributed by atoms with Gasteiger partial charge in [0.1, 0.15) is 5.82 Å². The van der Waals surface area contributed by atoms with Gasteiger partial charge in [-0.1, -0.05) is 25.5 Å². The zero-order valence-electron chi connectivity index (χ0n) is 12.2. The fourth-order valence-corrected chi connectivity index (χ4v) is 3.28. The van der Waals surface area contributed by atoms with E-state index in [2.05, 4.69) is 6.92 Å². The number of benzene rings is 1. The highest BCUT2D eigenvalue weighted by molar-refractivity contribution is 5.30. The molecule has 20 heavy (non-hydrogen) atoms. The summed E-state index contributed by atoms with van der Waals surface area (Å²) >= 11 is 0. The van der Waals surface area contributed by atoms with Crippen LogP contribution >= 0.6 is 0 Å². The monoisotopic (exact) mass is 280 g/mol. The maximum absolute atomic E-state index is 14.3. The highest BCUT2D eigenvalue weighted by atomic mass is 19.1. The summed E-state index contributed by atoms with van der Waals surface area (Å²) in [5, 5.41) is 18.3. The fraction of sp³-hybridized carbons (Fsp3) is 0.647. The first kappa shape index (κ1) is 15.5. The van der Waals surface area contributed by atoms with Gasteiger partial charge < -0.3 is 10.2 Å². The van der Waals surface area contributed by atoms with Crippen LogP contribution in [0.25, 0.3) is 0 Å². The molecule has 0 saturated heterocycles. The van der Waals surface area contributed by atoms with Crippen LogP contribution in [0.3, 0.4) is 0 Å². The maximum Gasteiger partial charge on any atom is 0.126 e. The molecular formula is C17H25FO2. The molecule has 2 rings (SSSR count). The molecule has 2 nitrogen and oxygen atoms in total. The van der Waals surface area contributed by atoms with E-state index in [4.69, 9.17) is 10.2 Å². The molecule has 0 spiro atoms. The molecule has 112 valence electrons. The summed E-state index contributed by atoms with van der Waals surface area (Å²) in [6, 6.07) is 5.18. The molecule has 2 N–H and O–H groups in total. The molecule has 0 unspecified atom stereocenters. The molecule has 1 aliphatic carbocycles. The molecule has 0 aromatic heterocycles. The van der Waals surface area contributed by atoms with E-state index in [1.807, 2.05) is 12.1 Å². The van der Waals surface area contributed by atoms with E-state index in [0.717, 1.165) is 24.3 Å². The van der Waals surface area contributed by atoms with E-state index >= 15 is 0 Å². The number of hydrogen-bond donors (Lipinski definition) is 2. The van der Waals surface area contributed by atoms with E-state index < -0.39 is 0 Å². The van der Waals surface area contributed by atoms with Crippen molar-refractivity contribution in [3.05, 3.63) is 35.1 Å².